The maximum absolute atomic E-state index is 10.2. The van der Waals surface area contributed by atoms with Gasteiger partial charge < -0.3 is 9.84 Å². The molecule has 0 saturated heterocycles. The molecular formula is C14H18O2. The van der Waals surface area contributed by atoms with Crippen LogP contribution in [0.5, 0.6) is 5.75 Å². The van der Waals surface area contributed by atoms with Crippen LogP contribution in [0.3, 0.4) is 0 Å². The van der Waals surface area contributed by atoms with Crippen LogP contribution in [0.1, 0.15) is 24.0 Å². The van der Waals surface area contributed by atoms with Crippen molar-refractivity contribution in [3.63, 3.8) is 0 Å². The van der Waals surface area contributed by atoms with Gasteiger partial charge in [0.15, 0.2) is 0 Å². The van der Waals surface area contributed by atoms with Gasteiger partial charge in [-0.2, -0.15) is 0 Å². The second-order valence-electron chi connectivity index (χ2n) is 5.13. The van der Waals surface area contributed by atoms with E-state index in [1.807, 2.05) is 6.07 Å². The van der Waals surface area contributed by atoms with Crippen molar-refractivity contribution in [1.29, 1.82) is 0 Å². The van der Waals surface area contributed by atoms with Gasteiger partial charge in [0.25, 0.3) is 0 Å². The van der Waals surface area contributed by atoms with Crippen molar-refractivity contribution in [1.82, 2.24) is 0 Å². The van der Waals surface area contributed by atoms with Gasteiger partial charge in [-0.1, -0.05) is 6.07 Å². The normalized spacial score (nSPS) is 32.0. The zero-order valence-corrected chi connectivity index (χ0v) is 9.65. The number of ether oxygens (including phenoxy) is 1. The first-order chi connectivity index (χ1) is 7.78. The van der Waals surface area contributed by atoms with E-state index in [1.54, 1.807) is 7.11 Å². The number of aliphatic hydroxyl groups excluding tert-OH is 1. The Kier molecular flexibility index (Phi) is 2.40. The molecule has 1 saturated carbocycles. The van der Waals surface area contributed by atoms with Gasteiger partial charge in [-0.3, -0.25) is 0 Å². The molecular weight excluding hydrogens is 200 g/mol. The molecule has 1 aromatic carbocycles. The first-order valence-corrected chi connectivity index (χ1v) is 6.12. The molecule has 0 amide bonds. The van der Waals surface area contributed by atoms with E-state index in [1.165, 1.54) is 24.0 Å². The summed E-state index contributed by atoms with van der Waals surface area (Å²) in [5.41, 5.74) is 2.79. The van der Waals surface area contributed by atoms with Crippen molar-refractivity contribution in [2.75, 3.05) is 7.11 Å². The Morgan fingerprint density at radius 3 is 2.50 bits per heavy atom. The Bertz CT molecular complexity index is 400. The van der Waals surface area contributed by atoms with Crippen molar-refractivity contribution < 1.29 is 9.84 Å². The summed E-state index contributed by atoms with van der Waals surface area (Å²) in [4.78, 5) is 0. The zero-order valence-electron chi connectivity index (χ0n) is 9.65. The van der Waals surface area contributed by atoms with Crippen molar-refractivity contribution in [3.05, 3.63) is 29.3 Å². The zero-order chi connectivity index (χ0) is 11.1. The fourth-order valence-electron chi connectivity index (χ4n) is 3.28. The summed E-state index contributed by atoms with van der Waals surface area (Å²) in [7, 11) is 1.71. The van der Waals surface area contributed by atoms with Crippen molar-refractivity contribution >= 4 is 0 Å². The van der Waals surface area contributed by atoms with Gasteiger partial charge >= 0.3 is 0 Å². The SMILES string of the molecule is COc1ccc2c(c1)CC1CCC(C2)C1O. The summed E-state index contributed by atoms with van der Waals surface area (Å²) in [6.45, 7) is 0. The number of methoxy groups -OCH3 is 1. The Hall–Kier alpha value is -1.02. The lowest BCUT2D eigenvalue weighted by Crippen LogP contribution is -2.20. The van der Waals surface area contributed by atoms with Gasteiger partial charge in [-0.25, -0.2) is 0 Å². The number of benzene rings is 1. The smallest absolute Gasteiger partial charge is 0.119 e. The quantitative estimate of drug-likeness (QED) is 0.783. The van der Waals surface area contributed by atoms with E-state index >= 15 is 0 Å². The average Bonchev–Trinajstić information content (AvgIpc) is 2.55. The van der Waals surface area contributed by atoms with Crippen LogP contribution in [-0.2, 0) is 12.8 Å². The molecule has 0 heterocycles. The molecule has 1 aromatic rings. The molecule has 1 N–H and O–H groups in total. The van der Waals surface area contributed by atoms with Gasteiger partial charge in [-0.15, -0.1) is 0 Å². The molecule has 2 nitrogen and oxygen atoms in total. The second kappa shape index (κ2) is 3.77. The standard InChI is InChI=1S/C14H18O2/c1-16-13-5-4-9-6-10-2-3-11(14(10)15)7-12(9)8-13/h4-5,8,10-11,14-15H,2-3,6-7H2,1H3. The molecule has 1 fully saturated rings. The molecule has 86 valence electrons. The molecule has 3 rings (SSSR count). The average molecular weight is 218 g/mol. The summed E-state index contributed by atoms with van der Waals surface area (Å²) >= 11 is 0. The van der Waals surface area contributed by atoms with Crippen LogP contribution in [-0.4, -0.2) is 18.3 Å². The van der Waals surface area contributed by atoms with Crippen LogP contribution in [0.25, 0.3) is 0 Å². The van der Waals surface area contributed by atoms with Crippen LogP contribution in [0.2, 0.25) is 0 Å². The predicted molar refractivity (Wildman–Crippen MR) is 62.6 cm³/mol. The van der Waals surface area contributed by atoms with E-state index < -0.39 is 0 Å². The lowest BCUT2D eigenvalue weighted by atomic mass is 9.93. The fourth-order valence-corrected chi connectivity index (χ4v) is 3.28. The minimum Gasteiger partial charge on any atom is -0.497 e. The van der Waals surface area contributed by atoms with E-state index in [2.05, 4.69) is 12.1 Å². The minimum atomic E-state index is -0.0848. The summed E-state index contributed by atoms with van der Waals surface area (Å²) < 4.78 is 5.27. The molecule has 0 aliphatic heterocycles. The fraction of sp³-hybridized carbons (Fsp3) is 0.571. The first kappa shape index (κ1) is 10.2. The number of hydrogen-bond donors (Lipinski definition) is 1. The highest BCUT2D eigenvalue weighted by Gasteiger charge is 2.37. The Balaban J connectivity index is 1.98. The Morgan fingerprint density at radius 1 is 1.12 bits per heavy atom. The highest BCUT2D eigenvalue weighted by molar-refractivity contribution is 5.37. The molecule has 0 spiro atoms. The molecule has 3 atom stereocenters. The van der Waals surface area contributed by atoms with Crippen molar-refractivity contribution in [3.8, 4) is 5.75 Å². The molecule has 2 aliphatic carbocycles. The molecule has 0 radical (unpaired) electrons. The van der Waals surface area contributed by atoms with Gasteiger partial charge in [-0.05, 0) is 60.8 Å². The van der Waals surface area contributed by atoms with Crippen LogP contribution < -0.4 is 4.74 Å². The van der Waals surface area contributed by atoms with Gasteiger partial charge in [0.2, 0.25) is 0 Å². The third kappa shape index (κ3) is 1.52. The highest BCUT2D eigenvalue weighted by atomic mass is 16.5. The van der Waals surface area contributed by atoms with Crippen LogP contribution in [0, 0.1) is 11.8 Å². The van der Waals surface area contributed by atoms with Crippen LogP contribution in [0.4, 0.5) is 0 Å². The third-order valence-corrected chi connectivity index (χ3v) is 4.25. The summed E-state index contributed by atoms with van der Waals surface area (Å²) in [5.74, 6) is 1.89. The first-order valence-electron chi connectivity index (χ1n) is 6.12. The summed E-state index contributed by atoms with van der Waals surface area (Å²) in [6.07, 6.45) is 4.35. The highest BCUT2D eigenvalue weighted by Crippen LogP contribution is 2.40. The monoisotopic (exact) mass is 218 g/mol. The van der Waals surface area contributed by atoms with Gasteiger partial charge in [0, 0.05) is 0 Å². The summed E-state index contributed by atoms with van der Waals surface area (Å²) in [6, 6.07) is 6.34. The molecule has 2 bridgehead atoms. The third-order valence-electron chi connectivity index (χ3n) is 4.25. The number of fused-ring (bicyclic) bond motifs is 3. The number of hydrogen-bond acceptors (Lipinski definition) is 2. The Labute approximate surface area is 96.2 Å². The molecule has 0 aromatic heterocycles. The van der Waals surface area contributed by atoms with Crippen molar-refractivity contribution in [2.24, 2.45) is 11.8 Å². The maximum Gasteiger partial charge on any atom is 0.119 e. The van der Waals surface area contributed by atoms with Crippen molar-refractivity contribution in [2.45, 2.75) is 31.8 Å². The predicted octanol–water partition coefficient (Wildman–Crippen LogP) is 2.18. The molecule has 2 heteroatoms. The van der Waals surface area contributed by atoms with E-state index in [0.29, 0.717) is 11.8 Å². The topological polar surface area (TPSA) is 29.5 Å². The number of rotatable bonds is 1. The van der Waals surface area contributed by atoms with E-state index in [-0.39, 0.29) is 6.10 Å². The van der Waals surface area contributed by atoms with E-state index in [9.17, 15) is 5.11 Å². The maximum atomic E-state index is 10.2. The Morgan fingerprint density at radius 2 is 1.81 bits per heavy atom. The van der Waals surface area contributed by atoms with E-state index in [0.717, 1.165) is 18.6 Å². The van der Waals surface area contributed by atoms with Gasteiger partial charge in [0.05, 0.1) is 13.2 Å². The number of aliphatic hydroxyl groups is 1. The van der Waals surface area contributed by atoms with Gasteiger partial charge in [0.1, 0.15) is 5.75 Å². The minimum absolute atomic E-state index is 0.0848. The van der Waals surface area contributed by atoms with Crippen LogP contribution >= 0.6 is 0 Å². The summed E-state index contributed by atoms with van der Waals surface area (Å²) in [5, 5.41) is 10.2. The molecule has 16 heavy (non-hydrogen) atoms. The largest absolute Gasteiger partial charge is 0.497 e. The van der Waals surface area contributed by atoms with E-state index in [4.69, 9.17) is 4.74 Å². The second-order valence-corrected chi connectivity index (χ2v) is 5.13. The lowest BCUT2D eigenvalue weighted by Gasteiger charge is -2.14. The molecule has 2 aliphatic rings. The van der Waals surface area contributed by atoms with Crippen LogP contribution in [0.15, 0.2) is 18.2 Å². The molecule has 3 unspecified atom stereocenters. The lowest BCUT2D eigenvalue weighted by molar-refractivity contribution is 0.0949.